The number of rotatable bonds is 4. The molecule has 4 heterocycles. The van der Waals surface area contributed by atoms with E-state index in [9.17, 15) is 4.79 Å². The number of anilines is 2. The summed E-state index contributed by atoms with van der Waals surface area (Å²) >= 11 is 0. The van der Waals surface area contributed by atoms with Crippen molar-refractivity contribution in [2.75, 3.05) is 36.5 Å². The summed E-state index contributed by atoms with van der Waals surface area (Å²) in [6.45, 7) is 7.59. The predicted molar refractivity (Wildman–Crippen MR) is 122 cm³/mol. The van der Waals surface area contributed by atoms with Gasteiger partial charge in [0.25, 0.3) is 5.91 Å². The highest BCUT2D eigenvalue weighted by Gasteiger charge is 2.42. The minimum absolute atomic E-state index is 0.195. The third kappa shape index (κ3) is 3.79. The quantitative estimate of drug-likeness (QED) is 0.712. The van der Waals surface area contributed by atoms with Gasteiger partial charge in [0.1, 0.15) is 11.4 Å². The average Bonchev–Trinajstić information content (AvgIpc) is 3.47. The van der Waals surface area contributed by atoms with Crippen molar-refractivity contribution in [3.63, 3.8) is 0 Å². The molecule has 0 aliphatic carbocycles. The van der Waals surface area contributed by atoms with Gasteiger partial charge in [-0.15, -0.1) is 0 Å². The zero-order valence-corrected chi connectivity index (χ0v) is 18.6. The van der Waals surface area contributed by atoms with Crippen LogP contribution in [0.2, 0.25) is 0 Å². The van der Waals surface area contributed by atoms with Gasteiger partial charge >= 0.3 is 0 Å². The number of hydrogen-bond acceptors (Lipinski definition) is 7. The van der Waals surface area contributed by atoms with Gasteiger partial charge in [0.05, 0.1) is 23.6 Å². The van der Waals surface area contributed by atoms with Crippen LogP contribution in [-0.2, 0) is 16.0 Å². The van der Waals surface area contributed by atoms with Crippen LogP contribution < -0.4 is 20.7 Å². The number of nitrogens with zero attached hydrogens (tertiary/aromatic N) is 3. The van der Waals surface area contributed by atoms with E-state index < -0.39 is 0 Å². The lowest BCUT2D eigenvalue weighted by Gasteiger charge is -2.26. The molecule has 3 aliphatic heterocycles. The van der Waals surface area contributed by atoms with Crippen molar-refractivity contribution in [3.8, 4) is 5.75 Å². The van der Waals surface area contributed by atoms with Crippen molar-refractivity contribution in [3.05, 3.63) is 48.2 Å². The zero-order valence-electron chi connectivity index (χ0n) is 18.6. The SMILES string of the molecule is CC1(C)Cc2cc(NC(=O)C(=CN)c3ncccn3)c(N3CC[C@]4(CCOC4)C3)cc2O1. The number of nitrogens with one attached hydrogen (secondary N) is 1. The highest BCUT2D eigenvalue weighted by atomic mass is 16.5. The Hall–Kier alpha value is -3.13. The van der Waals surface area contributed by atoms with Crippen LogP contribution in [0.4, 0.5) is 11.4 Å². The number of carbonyl (C=O) groups is 1. The fraction of sp³-hybridized carbons (Fsp3) is 0.458. The number of fused-ring (bicyclic) bond motifs is 1. The number of nitrogens with two attached hydrogens (primary N) is 1. The van der Waals surface area contributed by atoms with E-state index in [2.05, 4.69) is 40.1 Å². The average molecular weight is 436 g/mol. The Morgan fingerprint density at radius 2 is 2.06 bits per heavy atom. The number of hydrogen-bond donors (Lipinski definition) is 2. The van der Waals surface area contributed by atoms with Crippen LogP contribution in [0.25, 0.3) is 5.57 Å². The molecule has 5 rings (SSSR count). The predicted octanol–water partition coefficient (Wildman–Crippen LogP) is 2.75. The Morgan fingerprint density at radius 3 is 2.78 bits per heavy atom. The van der Waals surface area contributed by atoms with Gasteiger partial charge in [0.2, 0.25) is 0 Å². The summed E-state index contributed by atoms with van der Waals surface area (Å²) in [7, 11) is 0. The largest absolute Gasteiger partial charge is 0.487 e. The van der Waals surface area contributed by atoms with Gasteiger partial charge in [0.15, 0.2) is 5.82 Å². The first-order valence-corrected chi connectivity index (χ1v) is 11.1. The molecular weight excluding hydrogens is 406 g/mol. The molecule has 2 aromatic rings. The second-order valence-electron chi connectivity index (χ2n) is 9.60. The molecule has 0 unspecified atom stereocenters. The van der Waals surface area contributed by atoms with E-state index in [0.717, 1.165) is 68.3 Å². The van der Waals surface area contributed by atoms with Crippen molar-refractivity contribution in [2.45, 2.75) is 38.7 Å². The molecule has 168 valence electrons. The van der Waals surface area contributed by atoms with Crippen LogP contribution in [0, 0.1) is 5.41 Å². The Kier molecular flexibility index (Phi) is 5.04. The molecule has 8 heteroatoms. The summed E-state index contributed by atoms with van der Waals surface area (Å²) < 4.78 is 11.9. The fourth-order valence-corrected chi connectivity index (χ4v) is 4.99. The molecule has 32 heavy (non-hydrogen) atoms. The third-order valence-electron chi connectivity index (χ3n) is 6.61. The van der Waals surface area contributed by atoms with Crippen molar-refractivity contribution in [1.82, 2.24) is 9.97 Å². The first-order valence-electron chi connectivity index (χ1n) is 11.1. The van der Waals surface area contributed by atoms with Crippen LogP contribution in [0.3, 0.4) is 0 Å². The normalized spacial score (nSPS) is 23.9. The van der Waals surface area contributed by atoms with Crippen molar-refractivity contribution in [2.24, 2.45) is 11.1 Å². The Morgan fingerprint density at radius 1 is 1.25 bits per heavy atom. The first kappa shape index (κ1) is 20.8. The van der Waals surface area contributed by atoms with Gasteiger partial charge in [-0.2, -0.15) is 0 Å². The summed E-state index contributed by atoms with van der Waals surface area (Å²) in [6, 6.07) is 5.80. The Bertz CT molecular complexity index is 1060. The van der Waals surface area contributed by atoms with Crippen LogP contribution in [0.5, 0.6) is 5.75 Å². The molecule has 2 fully saturated rings. The molecule has 1 spiro atoms. The fourth-order valence-electron chi connectivity index (χ4n) is 4.99. The maximum Gasteiger partial charge on any atom is 0.261 e. The zero-order chi connectivity index (χ0) is 22.3. The number of amides is 1. The maximum absolute atomic E-state index is 13.2. The third-order valence-corrected chi connectivity index (χ3v) is 6.61. The topological polar surface area (TPSA) is 103 Å². The molecule has 2 saturated heterocycles. The summed E-state index contributed by atoms with van der Waals surface area (Å²) in [5.74, 6) is 0.840. The van der Waals surface area contributed by atoms with E-state index in [1.165, 1.54) is 6.20 Å². The summed E-state index contributed by atoms with van der Waals surface area (Å²) in [6.07, 6.45) is 7.37. The van der Waals surface area contributed by atoms with Crippen molar-refractivity contribution < 1.29 is 14.3 Å². The summed E-state index contributed by atoms with van der Waals surface area (Å²) in [5, 5.41) is 3.08. The second-order valence-corrected chi connectivity index (χ2v) is 9.60. The molecule has 1 aromatic heterocycles. The minimum Gasteiger partial charge on any atom is -0.487 e. The van der Waals surface area contributed by atoms with Gasteiger partial charge in [-0.3, -0.25) is 4.79 Å². The van der Waals surface area contributed by atoms with E-state index >= 15 is 0 Å². The van der Waals surface area contributed by atoms with Gasteiger partial charge in [-0.05, 0) is 38.8 Å². The van der Waals surface area contributed by atoms with Gasteiger partial charge in [0, 0.05) is 61.8 Å². The molecule has 8 nitrogen and oxygen atoms in total. The summed E-state index contributed by atoms with van der Waals surface area (Å²) in [5.41, 5.74) is 8.73. The smallest absolute Gasteiger partial charge is 0.261 e. The Labute approximate surface area is 187 Å². The highest BCUT2D eigenvalue weighted by Crippen LogP contribution is 2.46. The van der Waals surface area contributed by atoms with Crippen LogP contribution in [0.15, 0.2) is 36.8 Å². The molecule has 3 aliphatic rings. The molecular formula is C24H29N5O3. The van der Waals surface area contributed by atoms with Crippen LogP contribution in [-0.4, -0.2) is 47.8 Å². The second kappa shape index (κ2) is 7.78. The lowest BCUT2D eigenvalue weighted by molar-refractivity contribution is -0.111. The standard InChI is InChI=1S/C24H29N5O3/c1-23(2)12-16-10-18(28-22(30)17(13-25)21-26-6-3-7-27-21)19(11-20(16)32-23)29-8-4-24(14-29)5-9-31-15-24/h3,6-7,10-11,13H,4-5,8-9,12,14-15,25H2,1-2H3,(H,28,30)/t24-/m0/s1. The van der Waals surface area contributed by atoms with Gasteiger partial charge < -0.3 is 25.4 Å². The lowest BCUT2D eigenvalue weighted by Crippen LogP contribution is -2.28. The molecule has 0 saturated carbocycles. The molecule has 1 atom stereocenters. The number of ether oxygens (including phenoxy) is 2. The summed E-state index contributed by atoms with van der Waals surface area (Å²) in [4.78, 5) is 23.9. The monoisotopic (exact) mass is 435 g/mol. The highest BCUT2D eigenvalue weighted by molar-refractivity contribution is 6.24. The maximum atomic E-state index is 13.2. The molecule has 1 amide bonds. The minimum atomic E-state index is -0.337. The molecule has 3 N–H and O–H groups in total. The van der Waals surface area contributed by atoms with Gasteiger partial charge in [-0.1, -0.05) is 0 Å². The van der Waals surface area contributed by atoms with Crippen molar-refractivity contribution in [1.29, 1.82) is 0 Å². The number of benzene rings is 1. The van der Waals surface area contributed by atoms with Crippen LogP contribution >= 0.6 is 0 Å². The van der Waals surface area contributed by atoms with E-state index in [1.54, 1.807) is 18.5 Å². The molecule has 1 aromatic carbocycles. The molecule has 0 radical (unpaired) electrons. The first-order chi connectivity index (χ1) is 15.4. The number of aromatic nitrogens is 2. The lowest BCUT2D eigenvalue weighted by atomic mass is 9.87. The van der Waals surface area contributed by atoms with E-state index in [4.69, 9.17) is 15.2 Å². The van der Waals surface area contributed by atoms with E-state index in [1.807, 2.05) is 6.07 Å². The van der Waals surface area contributed by atoms with Gasteiger partial charge in [-0.25, -0.2) is 9.97 Å². The van der Waals surface area contributed by atoms with Crippen molar-refractivity contribution >= 4 is 22.9 Å². The Balaban J connectivity index is 1.48. The van der Waals surface area contributed by atoms with Crippen LogP contribution in [0.1, 0.15) is 38.1 Å². The number of carbonyl (C=O) groups excluding carboxylic acids is 1. The van der Waals surface area contributed by atoms with E-state index in [-0.39, 0.29) is 22.5 Å². The molecule has 0 bridgehead atoms. The van der Waals surface area contributed by atoms with E-state index in [0.29, 0.717) is 5.82 Å².